The number of hydrogen-bond acceptors (Lipinski definition) is 3. The van der Waals surface area contributed by atoms with Gasteiger partial charge in [-0.1, -0.05) is 0 Å². The van der Waals surface area contributed by atoms with Crippen molar-refractivity contribution in [1.82, 2.24) is 10.2 Å². The van der Waals surface area contributed by atoms with Crippen LogP contribution in [0, 0.1) is 11.6 Å². The van der Waals surface area contributed by atoms with Crippen LogP contribution in [0.1, 0.15) is 10.5 Å². The molecule has 17 heavy (non-hydrogen) atoms. The third-order valence-electron chi connectivity index (χ3n) is 2.14. The SMILES string of the molecule is O=C(O)c1cc(-c2c(F)ccc(F)c2O)n[nH]1. The van der Waals surface area contributed by atoms with E-state index in [1.807, 2.05) is 0 Å². The van der Waals surface area contributed by atoms with Crippen LogP contribution in [-0.2, 0) is 0 Å². The Kier molecular flexibility index (Phi) is 2.51. The molecule has 2 rings (SSSR count). The summed E-state index contributed by atoms with van der Waals surface area (Å²) in [5.74, 6) is -4.11. The fourth-order valence-electron chi connectivity index (χ4n) is 1.34. The summed E-state index contributed by atoms with van der Waals surface area (Å²) >= 11 is 0. The first kappa shape index (κ1) is 11.1. The second-order valence-electron chi connectivity index (χ2n) is 3.22. The Morgan fingerprint density at radius 1 is 1.29 bits per heavy atom. The lowest BCUT2D eigenvalue weighted by atomic mass is 10.1. The van der Waals surface area contributed by atoms with Gasteiger partial charge < -0.3 is 10.2 Å². The number of benzene rings is 1. The van der Waals surface area contributed by atoms with Gasteiger partial charge in [0.15, 0.2) is 11.6 Å². The first-order valence-corrected chi connectivity index (χ1v) is 4.46. The summed E-state index contributed by atoms with van der Waals surface area (Å²) in [5.41, 5.74) is -0.950. The zero-order valence-electron chi connectivity index (χ0n) is 8.24. The Bertz CT molecular complexity index is 595. The van der Waals surface area contributed by atoms with Gasteiger partial charge >= 0.3 is 5.97 Å². The van der Waals surface area contributed by atoms with Crippen molar-refractivity contribution in [1.29, 1.82) is 0 Å². The maximum absolute atomic E-state index is 13.4. The van der Waals surface area contributed by atoms with Gasteiger partial charge in [0, 0.05) is 0 Å². The molecule has 0 aliphatic heterocycles. The van der Waals surface area contributed by atoms with Crippen molar-refractivity contribution in [2.45, 2.75) is 0 Å². The summed E-state index contributed by atoms with van der Waals surface area (Å²) in [4.78, 5) is 10.6. The molecule has 0 aliphatic carbocycles. The number of nitrogens with one attached hydrogen (secondary N) is 1. The van der Waals surface area contributed by atoms with Crippen molar-refractivity contribution in [2.24, 2.45) is 0 Å². The van der Waals surface area contributed by atoms with E-state index in [9.17, 15) is 18.7 Å². The maximum atomic E-state index is 13.4. The second-order valence-corrected chi connectivity index (χ2v) is 3.22. The molecule has 0 fully saturated rings. The van der Waals surface area contributed by atoms with Crippen molar-refractivity contribution in [2.75, 3.05) is 0 Å². The summed E-state index contributed by atoms with van der Waals surface area (Å²) < 4.78 is 26.4. The molecular weight excluding hydrogens is 234 g/mol. The van der Waals surface area contributed by atoms with Crippen molar-refractivity contribution < 1.29 is 23.8 Å². The van der Waals surface area contributed by atoms with Crippen LogP contribution < -0.4 is 0 Å². The third-order valence-corrected chi connectivity index (χ3v) is 2.14. The van der Waals surface area contributed by atoms with Crippen molar-refractivity contribution in [3.8, 4) is 17.0 Å². The summed E-state index contributed by atoms with van der Waals surface area (Å²) in [6.07, 6.45) is 0. The number of H-pyrrole nitrogens is 1. The second kappa shape index (κ2) is 3.85. The van der Waals surface area contributed by atoms with E-state index in [1.165, 1.54) is 0 Å². The minimum Gasteiger partial charge on any atom is -0.504 e. The lowest BCUT2D eigenvalue weighted by Gasteiger charge is -2.03. The van der Waals surface area contributed by atoms with Crippen molar-refractivity contribution in [3.05, 3.63) is 35.5 Å². The molecule has 0 radical (unpaired) electrons. The number of aromatic nitrogens is 2. The number of hydrogen-bond donors (Lipinski definition) is 3. The van der Waals surface area contributed by atoms with Gasteiger partial charge in [0.05, 0.1) is 11.3 Å². The molecule has 0 saturated carbocycles. The molecule has 1 aromatic heterocycles. The fraction of sp³-hybridized carbons (Fsp3) is 0. The van der Waals surface area contributed by atoms with E-state index >= 15 is 0 Å². The topological polar surface area (TPSA) is 86.2 Å². The van der Waals surface area contributed by atoms with Crippen LogP contribution in [0.25, 0.3) is 11.3 Å². The number of aromatic hydroxyl groups is 1. The van der Waals surface area contributed by atoms with Gasteiger partial charge in [-0.15, -0.1) is 0 Å². The smallest absolute Gasteiger partial charge is 0.353 e. The van der Waals surface area contributed by atoms with E-state index in [2.05, 4.69) is 10.2 Å². The number of aromatic amines is 1. The van der Waals surface area contributed by atoms with E-state index < -0.39 is 28.9 Å². The van der Waals surface area contributed by atoms with Gasteiger partial charge in [-0.05, 0) is 18.2 Å². The Morgan fingerprint density at radius 3 is 2.53 bits per heavy atom. The third kappa shape index (κ3) is 1.82. The molecule has 1 aromatic carbocycles. The number of carboxylic acid groups (broad SMARTS) is 1. The predicted molar refractivity (Wildman–Crippen MR) is 52.6 cm³/mol. The van der Waals surface area contributed by atoms with Crippen molar-refractivity contribution >= 4 is 5.97 Å². The van der Waals surface area contributed by atoms with Gasteiger partial charge in [0.1, 0.15) is 11.5 Å². The molecule has 88 valence electrons. The maximum Gasteiger partial charge on any atom is 0.353 e. The molecule has 2 aromatic rings. The number of nitrogens with zero attached hydrogens (tertiary/aromatic N) is 1. The fourth-order valence-corrected chi connectivity index (χ4v) is 1.34. The van der Waals surface area contributed by atoms with Crippen LogP contribution in [0.3, 0.4) is 0 Å². The number of phenols is 1. The van der Waals surface area contributed by atoms with Crippen LogP contribution in [0.5, 0.6) is 5.75 Å². The summed E-state index contributed by atoms with van der Waals surface area (Å²) in [5, 5.41) is 23.6. The molecule has 0 amide bonds. The molecular formula is C10H6F2N2O3. The zero-order valence-corrected chi connectivity index (χ0v) is 8.24. The number of carboxylic acids is 1. The number of aromatic carboxylic acids is 1. The zero-order chi connectivity index (χ0) is 12.6. The highest BCUT2D eigenvalue weighted by Gasteiger charge is 2.18. The quantitative estimate of drug-likeness (QED) is 0.746. The van der Waals surface area contributed by atoms with Gasteiger partial charge in [0.2, 0.25) is 0 Å². The first-order valence-electron chi connectivity index (χ1n) is 4.46. The highest BCUT2D eigenvalue weighted by atomic mass is 19.1. The number of rotatable bonds is 2. The minimum atomic E-state index is -1.29. The Morgan fingerprint density at radius 2 is 1.94 bits per heavy atom. The average molecular weight is 240 g/mol. The molecule has 7 heteroatoms. The monoisotopic (exact) mass is 240 g/mol. The standard InChI is InChI=1S/C10H6F2N2O3/c11-4-1-2-5(12)9(15)8(4)6-3-7(10(16)17)14-13-6/h1-3,15H,(H,13,14)(H,16,17). The van der Waals surface area contributed by atoms with E-state index in [4.69, 9.17) is 5.11 Å². The Hall–Kier alpha value is -2.44. The molecule has 0 unspecified atom stereocenters. The molecule has 0 atom stereocenters. The number of halogens is 2. The molecule has 5 nitrogen and oxygen atoms in total. The van der Waals surface area contributed by atoms with E-state index in [1.54, 1.807) is 0 Å². The molecule has 0 bridgehead atoms. The van der Waals surface area contributed by atoms with Crippen LogP contribution in [0.4, 0.5) is 8.78 Å². The van der Waals surface area contributed by atoms with Gasteiger partial charge in [0.25, 0.3) is 0 Å². The minimum absolute atomic E-state index is 0.183. The van der Waals surface area contributed by atoms with Crippen LogP contribution in [0.15, 0.2) is 18.2 Å². The van der Waals surface area contributed by atoms with E-state index in [0.717, 1.165) is 18.2 Å². The van der Waals surface area contributed by atoms with Gasteiger partial charge in [-0.2, -0.15) is 5.10 Å². The lowest BCUT2D eigenvalue weighted by Crippen LogP contribution is -1.95. The summed E-state index contributed by atoms with van der Waals surface area (Å²) in [6, 6.07) is 2.58. The molecule has 0 aliphatic rings. The van der Waals surface area contributed by atoms with Gasteiger partial charge in [-0.25, -0.2) is 13.6 Å². The highest BCUT2D eigenvalue weighted by molar-refractivity contribution is 5.87. The normalized spacial score (nSPS) is 10.5. The number of phenolic OH excluding ortho intramolecular Hbond substituents is 1. The predicted octanol–water partition coefficient (Wildman–Crippen LogP) is 1.76. The summed E-state index contributed by atoms with van der Waals surface area (Å²) in [7, 11) is 0. The Labute approximate surface area is 93.3 Å². The highest BCUT2D eigenvalue weighted by Crippen LogP contribution is 2.32. The first-order chi connectivity index (χ1) is 8.00. The van der Waals surface area contributed by atoms with Crippen LogP contribution >= 0.6 is 0 Å². The van der Waals surface area contributed by atoms with Gasteiger partial charge in [-0.3, -0.25) is 5.10 Å². The van der Waals surface area contributed by atoms with Crippen LogP contribution in [-0.4, -0.2) is 26.4 Å². The summed E-state index contributed by atoms with van der Waals surface area (Å²) in [6.45, 7) is 0. The number of carbonyl (C=O) groups is 1. The molecule has 1 heterocycles. The largest absolute Gasteiger partial charge is 0.504 e. The molecule has 3 N–H and O–H groups in total. The Balaban J connectivity index is 2.60. The van der Waals surface area contributed by atoms with E-state index in [0.29, 0.717) is 0 Å². The van der Waals surface area contributed by atoms with Crippen molar-refractivity contribution in [3.63, 3.8) is 0 Å². The average Bonchev–Trinajstić information content (AvgIpc) is 2.73. The lowest BCUT2D eigenvalue weighted by molar-refractivity contribution is 0.0690. The molecule has 0 saturated heterocycles. The molecule has 0 spiro atoms. The van der Waals surface area contributed by atoms with Crippen LogP contribution in [0.2, 0.25) is 0 Å². The van der Waals surface area contributed by atoms with E-state index in [-0.39, 0.29) is 11.4 Å².